The molecule has 7 rings (SSSR count). The Hall–Kier alpha value is -5.09. The lowest BCUT2D eigenvalue weighted by atomic mass is 9.81. The fraction of sp³-hybridized carbons (Fsp3) is 0.405. The lowest BCUT2D eigenvalue weighted by molar-refractivity contribution is -0.143. The number of urea groups is 1. The van der Waals surface area contributed by atoms with Crippen LogP contribution in [0, 0.1) is 24.5 Å². The molecule has 4 aromatic carbocycles. The van der Waals surface area contributed by atoms with Crippen molar-refractivity contribution in [1.29, 1.82) is 0 Å². The third kappa shape index (κ3) is 10.1. The summed E-state index contributed by atoms with van der Waals surface area (Å²) in [5.41, 5.74) is -0.671. The molecule has 58 heavy (non-hydrogen) atoms. The summed E-state index contributed by atoms with van der Waals surface area (Å²) in [5.74, 6) is 2.35. The molecule has 2 N–H and O–H groups in total. The van der Waals surface area contributed by atoms with Gasteiger partial charge in [-0.2, -0.15) is 26.3 Å². The van der Waals surface area contributed by atoms with Gasteiger partial charge in [0, 0.05) is 45.2 Å². The normalized spacial score (nSPS) is 19.8. The molecule has 3 aliphatic rings. The highest BCUT2D eigenvalue weighted by Crippen LogP contribution is 2.39. The molecule has 0 bridgehead atoms. The summed E-state index contributed by atoms with van der Waals surface area (Å²) < 4.78 is 123. The molecule has 0 aromatic heterocycles. The van der Waals surface area contributed by atoms with E-state index < -0.39 is 47.4 Å². The summed E-state index contributed by atoms with van der Waals surface area (Å²) in [5, 5.41) is 6.58. The predicted octanol–water partition coefficient (Wildman–Crippen LogP) is 9.26. The zero-order valence-corrected chi connectivity index (χ0v) is 32.0. The standard InChI is InChI=1S/C23H24F7N3O.C19H20FNO3/c1-13-8-18(24)4-5-19(13)20-12-31-6-7-33(20)21(34)32(3)14(2)15-9-16(22(25,26)27)11-17(10-15)23(28,29)30;20-15-3-1-13(2-4-15)17-7-8-21-10-14(17)11-22-16-5-6-18-19(9-16)24-12-23-18/h4-5,8-11,14,20,31H,6-7,12H2,1-3H3;1-6,9,14,17,21H,7-8,10-12H2/t14-,20-;14-,17-/m10/s1. The number of carbonyl (C=O) groups is 1. The van der Waals surface area contributed by atoms with Gasteiger partial charge in [-0.15, -0.1) is 0 Å². The van der Waals surface area contributed by atoms with Crippen molar-refractivity contribution in [1.82, 2.24) is 20.4 Å². The minimum Gasteiger partial charge on any atom is -0.493 e. The third-order valence-electron chi connectivity index (χ3n) is 10.8. The van der Waals surface area contributed by atoms with Gasteiger partial charge < -0.3 is 34.6 Å². The van der Waals surface area contributed by atoms with Gasteiger partial charge in [0.15, 0.2) is 11.5 Å². The average Bonchev–Trinajstić information content (AvgIpc) is 3.67. The second-order valence-electron chi connectivity index (χ2n) is 14.6. The number of piperazine rings is 1. The molecule has 0 unspecified atom stereocenters. The minimum absolute atomic E-state index is 0.0572. The molecule has 0 aliphatic carbocycles. The fourth-order valence-electron chi connectivity index (χ4n) is 7.45. The van der Waals surface area contributed by atoms with Crippen molar-refractivity contribution < 1.29 is 54.1 Å². The van der Waals surface area contributed by atoms with Crippen LogP contribution >= 0.6 is 0 Å². The number of hydrogen-bond acceptors (Lipinski definition) is 6. The minimum atomic E-state index is -4.98. The van der Waals surface area contributed by atoms with E-state index >= 15 is 0 Å². The Labute approximate surface area is 331 Å². The summed E-state index contributed by atoms with van der Waals surface area (Å²) in [6.45, 7) is 6.88. The highest BCUT2D eigenvalue weighted by molar-refractivity contribution is 5.75. The largest absolute Gasteiger partial charge is 0.493 e. The van der Waals surface area contributed by atoms with Gasteiger partial charge in [0.25, 0.3) is 0 Å². The summed E-state index contributed by atoms with van der Waals surface area (Å²) in [4.78, 5) is 16.0. The number of fused-ring (bicyclic) bond motifs is 1. The van der Waals surface area contributed by atoms with Crippen molar-refractivity contribution in [3.05, 3.63) is 124 Å². The monoisotopic (exact) mass is 820 g/mol. The number of halogens is 8. The van der Waals surface area contributed by atoms with E-state index in [4.69, 9.17) is 14.2 Å². The molecule has 0 spiro atoms. The van der Waals surface area contributed by atoms with Crippen LogP contribution in [-0.2, 0) is 12.4 Å². The molecule has 0 saturated carbocycles. The first-order valence-corrected chi connectivity index (χ1v) is 18.8. The van der Waals surface area contributed by atoms with Crippen molar-refractivity contribution in [2.45, 2.75) is 50.6 Å². The highest BCUT2D eigenvalue weighted by atomic mass is 19.4. The quantitative estimate of drug-likeness (QED) is 0.181. The van der Waals surface area contributed by atoms with Crippen molar-refractivity contribution >= 4 is 6.03 Å². The molecule has 8 nitrogen and oxygen atoms in total. The Morgan fingerprint density at radius 2 is 1.50 bits per heavy atom. The number of piperidine rings is 1. The van der Waals surface area contributed by atoms with E-state index in [-0.39, 0.29) is 30.8 Å². The number of benzene rings is 4. The zero-order valence-electron chi connectivity index (χ0n) is 32.0. The van der Waals surface area contributed by atoms with E-state index in [1.54, 1.807) is 13.0 Å². The fourth-order valence-corrected chi connectivity index (χ4v) is 7.45. The van der Waals surface area contributed by atoms with E-state index in [2.05, 4.69) is 10.6 Å². The van der Waals surface area contributed by atoms with E-state index in [0.717, 1.165) is 41.7 Å². The Morgan fingerprint density at radius 3 is 2.17 bits per heavy atom. The second-order valence-corrected chi connectivity index (χ2v) is 14.6. The van der Waals surface area contributed by atoms with Gasteiger partial charge in [-0.1, -0.05) is 18.2 Å². The van der Waals surface area contributed by atoms with Crippen LogP contribution in [0.25, 0.3) is 0 Å². The predicted molar refractivity (Wildman–Crippen MR) is 200 cm³/mol. The molecule has 2 amide bonds. The Bertz CT molecular complexity index is 2010. The first-order chi connectivity index (χ1) is 27.5. The van der Waals surface area contributed by atoms with Crippen LogP contribution in [0.3, 0.4) is 0 Å². The molecule has 3 aliphatic heterocycles. The molecule has 312 valence electrons. The van der Waals surface area contributed by atoms with Gasteiger partial charge in [-0.25, -0.2) is 13.6 Å². The lowest BCUT2D eigenvalue weighted by Crippen LogP contribution is -2.52. The smallest absolute Gasteiger partial charge is 0.416 e. The van der Waals surface area contributed by atoms with E-state index in [1.807, 2.05) is 30.3 Å². The van der Waals surface area contributed by atoms with Gasteiger partial charge in [0.1, 0.15) is 17.4 Å². The van der Waals surface area contributed by atoms with E-state index in [1.165, 1.54) is 48.7 Å². The average molecular weight is 821 g/mol. The zero-order chi connectivity index (χ0) is 41.8. The molecule has 2 saturated heterocycles. The summed E-state index contributed by atoms with van der Waals surface area (Å²) in [7, 11) is 1.33. The molecule has 4 aromatic rings. The van der Waals surface area contributed by atoms with Crippen LogP contribution < -0.4 is 24.8 Å². The first kappa shape index (κ1) is 42.5. The van der Waals surface area contributed by atoms with Crippen molar-refractivity contribution in [2.24, 2.45) is 5.92 Å². The third-order valence-corrected chi connectivity index (χ3v) is 10.8. The van der Waals surface area contributed by atoms with Gasteiger partial charge in [-0.05, 0) is 110 Å². The summed E-state index contributed by atoms with van der Waals surface area (Å²) >= 11 is 0. The number of aryl methyl sites for hydroxylation is 1. The Balaban J connectivity index is 0.000000206. The number of ether oxygens (including phenoxy) is 3. The number of amides is 2. The highest BCUT2D eigenvalue weighted by Gasteiger charge is 2.39. The molecule has 0 radical (unpaired) electrons. The topological polar surface area (TPSA) is 75.3 Å². The number of rotatable bonds is 7. The Kier molecular flexibility index (Phi) is 13.1. The van der Waals surface area contributed by atoms with E-state index in [0.29, 0.717) is 54.8 Å². The van der Waals surface area contributed by atoms with Crippen molar-refractivity contribution in [3.63, 3.8) is 0 Å². The molecule has 3 heterocycles. The molecule has 16 heteroatoms. The number of nitrogens with one attached hydrogen (secondary N) is 2. The lowest BCUT2D eigenvalue weighted by Gasteiger charge is -2.40. The molecule has 2 fully saturated rings. The van der Waals surface area contributed by atoms with Crippen LogP contribution in [0.5, 0.6) is 17.2 Å². The van der Waals surface area contributed by atoms with Gasteiger partial charge >= 0.3 is 18.4 Å². The molecular formula is C42H44F8N4O4. The van der Waals surface area contributed by atoms with Crippen LogP contribution in [0.15, 0.2) is 78.9 Å². The van der Waals surface area contributed by atoms with Gasteiger partial charge in [0.2, 0.25) is 6.79 Å². The van der Waals surface area contributed by atoms with Gasteiger partial charge in [-0.3, -0.25) is 0 Å². The number of nitrogens with zero attached hydrogens (tertiary/aromatic N) is 2. The van der Waals surface area contributed by atoms with Crippen molar-refractivity contribution in [2.75, 3.05) is 53.2 Å². The molecule has 4 atom stereocenters. The molecular weight excluding hydrogens is 776 g/mol. The second kappa shape index (κ2) is 17.8. The first-order valence-electron chi connectivity index (χ1n) is 18.8. The summed E-state index contributed by atoms with van der Waals surface area (Å²) in [6, 6.07) is 15.8. The summed E-state index contributed by atoms with van der Waals surface area (Å²) in [6.07, 6.45) is -8.94. The Morgan fingerprint density at radius 1 is 0.845 bits per heavy atom. The number of carbonyl (C=O) groups excluding carboxylic acids is 1. The van der Waals surface area contributed by atoms with Crippen LogP contribution in [0.4, 0.5) is 39.9 Å². The maximum atomic E-state index is 13.6. The maximum absolute atomic E-state index is 13.6. The van der Waals surface area contributed by atoms with E-state index in [9.17, 15) is 39.9 Å². The number of hydrogen-bond donors (Lipinski definition) is 2. The maximum Gasteiger partial charge on any atom is 0.416 e. The van der Waals surface area contributed by atoms with Gasteiger partial charge in [0.05, 0.1) is 29.8 Å². The SMILES string of the molecule is Cc1cc(F)ccc1[C@H]1CNCCN1C(=O)N(C)[C@H](C)c1cc(C(F)(F)F)cc(C(F)(F)F)c1.Fc1ccc([C@@H]2CCNC[C@H]2COc2ccc3c(c2)OCO3)cc1. The van der Waals surface area contributed by atoms with Crippen LogP contribution in [0.1, 0.15) is 64.7 Å². The van der Waals surface area contributed by atoms with Crippen LogP contribution in [-0.4, -0.2) is 69.0 Å². The number of alkyl halides is 6. The van der Waals surface area contributed by atoms with Crippen LogP contribution in [0.2, 0.25) is 0 Å². The van der Waals surface area contributed by atoms with Crippen molar-refractivity contribution in [3.8, 4) is 17.2 Å².